The standard InChI is InChI=1S/C21H22N2O5/c24-19(22-16-8-7-14(10-16)21(26)27)17-11-13-4-1-2-5-15(13)12-23(17)20(25)18-6-3-9-28-18/h1-6,9,14,16-17H,7-8,10-12H2,(H,22,24)(H,26,27)/t14-,16+,17?/m0/s1. The maximum Gasteiger partial charge on any atom is 0.306 e. The van der Waals surface area contributed by atoms with Gasteiger partial charge in [0.1, 0.15) is 6.04 Å². The van der Waals surface area contributed by atoms with Crippen molar-refractivity contribution in [2.24, 2.45) is 5.92 Å². The van der Waals surface area contributed by atoms with E-state index in [4.69, 9.17) is 9.52 Å². The Kier molecular flexibility index (Phi) is 4.90. The number of carbonyl (C=O) groups is 3. The number of furan rings is 1. The number of nitrogens with one attached hydrogen (secondary N) is 1. The molecule has 2 amide bonds. The number of benzene rings is 1. The van der Waals surface area contributed by atoms with Gasteiger partial charge in [-0.05, 0) is 42.5 Å². The number of aliphatic carboxylic acids is 1. The summed E-state index contributed by atoms with van der Waals surface area (Å²) in [5.74, 6) is -1.61. The van der Waals surface area contributed by atoms with E-state index in [1.807, 2.05) is 24.3 Å². The van der Waals surface area contributed by atoms with E-state index in [-0.39, 0.29) is 23.6 Å². The Morgan fingerprint density at radius 3 is 2.54 bits per heavy atom. The van der Waals surface area contributed by atoms with Gasteiger partial charge in [0.15, 0.2) is 5.76 Å². The molecular formula is C21H22N2O5. The van der Waals surface area contributed by atoms with Crippen molar-refractivity contribution in [2.45, 2.75) is 44.3 Å². The summed E-state index contributed by atoms with van der Waals surface area (Å²) < 4.78 is 5.25. The fourth-order valence-corrected chi connectivity index (χ4v) is 4.15. The molecule has 1 fully saturated rings. The summed E-state index contributed by atoms with van der Waals surface area (Å²) in [6, 6.07) is 10.2. The number of hydrogen-bond acceptors (Lipinski definition) is 4. The van der Waals surface area contributed by atoms with E-state index < -0.39 is 17.9 Å². The summed E-state index contributed by atoms with van der Waals surface area (Å²) in [6.45, 7) is 0.330. The molecule has 1 unspecified atom stereocenters. The average molecular weight is 382 g/mol. The Bertz CT molecular complexity index is 892. The first-order valence-electron chi connectivity index (χ1n) is 9.47. The van der Waals surface area contributed by atoms with E-state index in [0.717, 1.165) is 11.1 Å². The van der Waals surface area contributed by atoms with Gasteiger partial charge in [-0.25, -0.2) is 0 Å². The third-order valence-corrected chi connectivity index (χ3v) is 5.67. The molecule has 0 bridgehead atoms. The molecule has 0 radical (unpaired) electrons. The van der Waals surface area contributed by atoms with Crippen LogP contribution in [0.2, 0.25) is 0 Å². The van der Waals surface area contributed by atoms with Gasteiger partial charge < -0.3 is 19.7 Å². The van der Waals surface area contributed by atoms with Crippen LogP contribution in [0.15, 0.2) is 47.1 Å². The van der Waals surface area contributed by atoms with Crippen LogP contribution in [0.3, 0.4) is 0 Å². The highest BCUT2D eigenvalue weighted by atomic mass is 16.4. The minimum Gasteiger partial charge on any atom is -0.481 e. The van der Waals surface area contributed by atoms with Crippen molar-refractivity contribution in [3.8, 4) is 0 Å². The van der Waals surface area contributed by atoms with Crippen LogP contribution in [0.25, 0.3) is 0 Å². The van der Waals surface area contributed by atoms with Crippen molar-refractivity contribution in [3.05, 3.63) is 59.5 Å². The summed E-state index contributed by atoms with van der Waals surface area (Å²) in [5.41, 5.74) is 2.05. The van der Waals surface area contributed by atoms with Crippen molar-refractivity contribution in [1.29, 1.82) is 0 Å². The largest absolute Gasteiger partial charge is 0.481 e. The SMILES string of the molecule is O=C(N[C@@H]1CC[C@H](C(=O)O)C1)C1Cc2ccccc2CN1C(=O)c1ccco1. The molecule has 2 heterocycles. The lowest BCUT2D eigenvalue weighted by Gasteiger charge is -2.36. The van der Waals surface area contributed by atoms with Gasteiger partial charge in [-0.15, -0.1) is 0 Å². The molecule has 1 aromatic carbocycles. The number of hydrogen-bond donors (Lipinski definition) is 2. The molecule has 3 atom stereocenters. The molecule has 1 saturated carbocycles. The lowest BCUT2D eigenvalue weighted by atomic mass is 9.93. The minimum absolute atomic E-state index is 0.175. The summed E-state index contributed by atoms with van der Waals surface area (Å²) in [7, 11) is 0. The molecule has 1 aromatic heterocycles. The molecule has 0 saturated heterocycles. The van der Waals surface area contributed by atoms with Crippen LogP contribution in [0.4, 0.5) is 0 Å². The van der Waals surface area contributed by atoms with Crippen LogP contribution in [-0.4, -0.2) is 39.9 Å². The number of fused-ring (bicyclic) bond motifs is 1. The normalized spacial score (nSPS) is 23.9. The lowest BCUT2D eigenvalue weighted by Crippen LogP contribution is -2.54. The van der Waals surface area contributed by atoms with Crippen LogP contribution < -0.4 is 5.32 Å². The van der Waals surface area contributed by atoms with Crippen LogP contribution in [0, 0.1) is 5.92 Å². The smallest absolute Gasteiger partial charge is 0.306 e. The Labute approximate surface area is 162 Å². The predicted octanol–water partition coefficient (Wildman–Crippen LogP) is 2.22. The quantitative estimate of drug-likeness (QED) is 0.845. The summed E-state index contributed by atoms with van der Waals surface area (Å²) >= 11 is 0. The minimum atomic E-state index is -0.821. The molecule has 1 aliphatic carbocycles. The van der Waals surface area contributed by atoms with E-state index in [0.29, 0.717) is 32.2 Å². The van der Waals surface area contributed by atoms with Crippen molar-refractivity contribution in [1.82, 2.24) is 10.2 Å². The lowest BCUT2D eigenvalue weighted by molar-refractivity contribution is -0.141. The highest BCUT2D eigenvalue weighted by molar-refractivity contribution is 5.96. The molecule has 2 aliphatic rings. The molecule has 0 spiro atoms. The van der Waals surface area contributed by atoms with E-state index in [1.165, 1.54) is 6.26 Å². The van der Waals surface area contributed by atoms with Gasteiger partial charge >= 0.3 is 5.97 Å². The third-order valence-electron chi connectivity index (χ3n) is 5.67. The first-order chi connectivity index (χ1) is 13.5. The molecule has 7 nitrogen and oxygen atoms in total. The topological polar surface area (TPSA) is 99.9 Å². The fraction of sp³-hybridized carbons (Fsp3) is 0.381. The van der Waals surface area contributed by atoms with Crippen molar-refractivity contribution in [3.63, 3.8) is 0 Å². The van der Waals surface area contributed by atoms with E-state index in [1.54, 1.807) is 17.0 Å². The van der Waals surface area contributed by atoms with Crippen LogP contribution >= 0.6 is 0 Å². The van der Waals surface area contributed by atoms with Crippen LogP contribution in [0.1, 0.15) is 40.9 Å². The van der Waals surface area contributed by atoms with Crippen molar-refractivity contribution >= 4 is 17.8 Å². The van der Waals surface area contributed by atoms with Crippen molar-refractivity contribution < 1.29 is 23.9 Å². The molecule has 1 aliphatic heterocycles. The zero-order valence-electron chi connectivity index (χ0n) is 15.3. The first-order valence-corrected chi connectivity index (χ1v) is 9.47. The summed E-state index contributed by atoms with van der Waals surface area (Å²) in [4.78, 5) is 38.7. The molecule has 2 N–H and O–H groups in total. The van der Waals surface area contributed by atoms with E-state index in [9.17, 15) is 14.4 Å². The van der Waals surface area contributed by atoms with Gasteiger partial charge in [-0.1, -0.05) is 24.3 Å². The Hall–Kier alpha value is -3.09. The van der Waals surface area contributed by atoms with Gasteiger partial charge in [-0.3, -0.25) is 14.4 Å². The van der Waals surface area contributed by atoms with E-state index in [2.05, 4.69) is 5.32 Å². The second kappa shape index (κ2) is 7.50. The Morgan fingerprint density at radius 1 is 1.07 bits per heavy atom. The highest BCUT2D eigenvalue weighted by Gasteiger charge is 2.38. The number of nitrogens with zero attached hydrogens (tertiary/aromatic N) is 1. The van der Waals surface area contributed by atoms with Gasteiger partial charge in [-0.2, -0.15) is 0 Å². The highest BCUT2D eigenvalue weighted by Crippen LogP contribution is 2.28. The summed E-state index contributed by atoms with van der Waals surface area (Å²) in [5, 5.41) is 12.1. The summed E-state index contributed by atoms with van der Waals surface area (Å²) in [6.07, 6.45) is 3.48. The number of rotatable bonds is 4. The molecule has 146 valence electrons. The van der Waals surface area contributed by atoms with E-state index >= 15 is 0 Å². The van der Waals surface area contributed by atoms with Gasteiger partial charge in [0.25, 0.3) is 5.91 Å². The second-order valence-electron chi connectivity index (χ2n) is 7.45. The van der Waals surface area contributed by atoms with Gasteiger partial charge in [0, 0.05) is 19.0 Å². The monoisotopic (exact) mass is 382 g/mol. The van der Waals surface area contributed by atoms with Crippen LogP contribution in [0.5, 0.6) is 0 Å². The number of carbonyl (C=O) groups excluding carboxylic acids is 2. The zero-order valence-corrected chi connectivity index (χ0v) is 15.3. The number of amides is 2. The average Bonchev–Trinajstić information content (AvgIpc) is 3.38. The third kappa shape index (κ3) is 3.52. The molecule has 28 heavy (non-hydrogen) atoms. The molecule has 7 heteroatoms. The van der Waals surface area contributed by atoms with Crippen LogP contribution in [-0.2, 0) is 22.6 Å². The number of carboxylic acids is 1. The molecular weight excluding hydrogens is 360 g/mol. The van der Waals surface area contributed by atoms with Crippen molar-refractivity contribution in [2.75, 3.05) is 0 Å². The maximum atomic E-state index is 13.0. The predicted molar refractivity (Wildman–Crippen MR) is 99.4 cm³/mol. The number of carboxylic acid groups (broad SMARTS) is 1. The molecule has 4 rings (SSSR count). The maximum absolute atomic E-state index is 13.0. The second-order valence-corrected chi connectivity index (χ2v) is 7.45. The molecule has 2 aromatic rings. The Balaban J connectivity index is 1.54. The van der Waals surface area contributed by atoms with Gasteiger partial charge in [0.05, 0.1) is 12.2 Å². The van der Waals surface area contributed by atoms with Gasteiger partial charge in [0.2, 0.25) is 5.91 Å². The fourth-order valence-electron chi connectivity index (χ4n) is 4.15. The Morgan fingerprint density at radius 2 is 1.86 bits per heavy atom. The first kappa shape index (κ1) is 18.3. The zero-order chi connectivity index (χ0) is 19.7.